The highest BCUT2D eigenvalue weighted by atomic mass is 35.5. The Morgan fingerprint density at radius 1 is 1.39 bits per heavy atom. The number of aryl methyl sites for hydroxylation is 3. The molecule has 0 N–H and O–H groups in total. The first-order valence-electron chi connectivity index (χ1n) is 7.10. The van der Waals surface area contributed by atoms with E-state index in [1.807, 2.05) is 6.20 Å². The standard InChI is InChI=1S/C13H18ClN5O3S/c1-9-12(13(14)18(3)16-9)23(20,21)19-4-5-22-11(8-19)10-6-15-17(2)7-10/h6-7,11H,4-5,8H2,1-3H3/t11-/m1/s1. The minimum absolute atomic E-state index is 0.0634. The Morgan fingerprint density at radius 2 is 2.13 bits per heavy atom. The molecule has 126 valence electrons. The SMILES string of the molecule is Cc1nn(C)c(Cl)c1S(=O)(=O)N1CCO[C@@H](c2cnn(C)c2)C1. The van der Waals surface area contributed by atoms with Gasteiger partial charge in [0.15, 0.2) is 0 Å². The van der Waals surface area contributed by atoms with Gasteiger partial charge in [-0.05, 0) is 6.92 Å². The molecule has 23 heavy (non-hydrogen) atoms. The van der Waals surface area contributed by atoms with Gasteiger partial charge in [-0.3, -0.25) is 9.36 Å². The lowest BCUT2D eigenvalue weighted by Crippen LogP contribution is -2.42. The number of ether oxygens (including phenoxy) is 1. The van der Waals surface area contributed by atoms with Crippen LogP contribution in [0.3, 0.4) is 0 Å². The summed E-state index contributed by atoms with van der Waals surface area (Å²) in [5, 5.41) is 8.31. The molecular weight excluding hydrogens is 342 g/mol. The Morgan fingerprint density at radius 3 is 2.70 bits per heavy atom. The quantitative estimate of drug-likeness (QED) is 0.812. The van der Waals surface area contributed by atoms with Crippen LogP contribution < -0.4 is 0 Å². The molecule has 0 unspecified atom stereocenters. The lowest BCUT2D eigenvalue weighted by Gasteiger charge is -2.31. The van der Waals surface area contributed by atoms with E-state index in [0.29, 0.717) is 12.3 Å². The van der Waals surface area contributed by atoms with Gasteiger partial charge < -0.3 is 4.74 Å². The monoisotopic (exact) mass is 359 g/mol. The van der Waals surface area contributed by atoms with Crippen LogP contribution in [0.1, 0.15) is 17.4 Å². The Hall–Kier alpha value is -1.42. The minimum Gasteiger partial charge on any atom is -0.371 e. The number of morpholine rings is 1. The minimum atomic E-state index is -3.73. The third kappa shape index (κ3) is 2.89. The maximum Gasteiger partial charge on any atom is 0.248 e. The predicted octanol–water partition coefficient (Wildman–Crippen LogP) is 0.878. The summed E-state index contributed by atoms with van der Waals surface area (Å²) in [6, 6.07) is 0. The summed E-state index contributed by atoms with van der Waals surface area (Å²) in [5.41, 5.74) is 1.24. The molecular formula is C13H18ClN5O3S. The molecule has 1 aliphatic heterocycles. The highest BCUT2D eigenvalue weighted by molar-refractivity contribution is 7.89. The molecule has 0 aromatic carbocycles. The van der Waals surface area contributed by atoms with Gasteiger partial charge in [-0.2, -0.15) is 14.5 Å². The summed E-state index contributed by atoms with van der Waals surface area (Å²) in [5.74, 6) is 0. The molecule has 2 aromatic rings. The van der Waals surface area contributed by atoms with Crippen LogP contribution in [0.15, 0.2) is 17.3 Å². The van der Waals surface area contributed by atoms with Gasteiger partial charge in [0.25, 0.3) is 0 Å². The van der Waals surface area contributed by atoms with Crippen molar-refractivity contribution in [2.75, 3.05) is 19.7 Å². The third-order valence-electron chi connectivity index (χ3n) is 3.82. The van der Waals surface area contributed by atoms with Crippen LogP contribution >= 0.6 is 11.6 Å². The summed E-state index contributed by atoms with van der Waals surface area (Å²) in [4.78, 5) is 0.0634. The maximum absolute atomic E-state index is 12.9. The molecule has 0 aliphatic carbocycles. The Kier molecular flexibility index (Phi) is 4.21. The van der Waals surface area contributed by atoms with Crippen LogP contribution in [0.25, 0.3) is 0 Å². The molecule has 10 heteroatoms. The van der Waals surface area contributed by atoms with E-state index in [2.05, 4.69) is 10.2 Å². The smallest absolute Gasteiger partial charge is 0.248 e. The normalized spacial score (nSPS) is 20.1. The lowest BCUT2D eigenvalue weighted by molar-refractivity contribution is -0.00260. The van der Waals surface area contributed by atoms with Crippen LogP contribution in [0.2, 0.25) is 5.15 Å². The molecule has 8 nitrogen and oxygen atoms in total. The number of sulfonamides is 1. The van der Waals surface area contributed by atoms with Gasteiger partial charge in [0.2, 0.25) is 10.0 Å². The highest BCUT2D eigenvalue weighted by Gasteiger charge is 2.35. The van der Waals surface area contributed by atoms with Gasteiger partial charge in [-0.15, -0.1) is 0 Å². The second-order valence-electron chi connectivity index (χ2n) is 5.50. The largest absolute Gasteiger partial charge is 0.371 e. The van der Waals surface area contributed by atoms with Crippen LogP contribution in [0, 0.1) is 6.92 Å². The van der Waals surface area contributed by atoms with Crippen LogP contribution in [0.4, 0.5) is 0 Å². The molecule has 0 saturated carbocycles. The summed E-state index contributed by atoms with van der Waals surface area (Å²) in [7, 11) is -0.303. The number of halogens is 1. The molecule has 1 atom stereocenters. The number of nitrogens with zero attached hydrogens (tertiary/aromatic N) is 5. The van der Waals surface area contributed by atoms with Crippen molar-refractivity contribution in [3.63, 3.8) is 0 Å². The maximum atomic E-state index is 12.9. The summed E-state index contributed by atoms with van der Waals surface area (Å²) in [6.07, 6.45) is 3.16. The van der Waals surface area contributed by atoms with E-state index in [4.69, 9.17) is 16.3 Å². The molecule has 0 spiro atoms. The zero-order valence-corrected chi connectivity index (χ0v) is 14.7. The fraction of sp³-hybridized carbons (Fsp3) is 0.538. The van der Waals surface area contributed by atoms with Crippen molar-refractivity contribution in [3.05, 3.63) is 28.8 Å². The number of hydrogen-bond acceptors (Lipinski definition) is 5. The van der Waals surface area contributed by atoms with Crippen molar-refractivity contribution >= 4 is 21.6 Å². The Bertz CT molecular complexity index is 829. The van der Waals surface area contributed by atoms with Gasteiger partial charge in [0, 0.05) is 38.9 Å². The molecule has 2 aromatic heterocycles. The first kappa shape index (κ1) is 16.4. The van der Waals surface area contributed by atoms with Crippen molar-refractivity contribution < 1.29 is 13.2 Å². The van der Waals surface area contributed by atoms with E-state index in [0.717, 1.165) is 5.56 Å². The number of aromatic nitrogens is 4. The number of rotatable bonds is 3. The van der Waals surface area contributed by atoms with E-state index >= 15 is 0 Å². The Balaban J connectivity index is 1.91. The van der Waals surface area contributed by atoms with Crippen LogP contribution in [-0.2, 0) is 28.9 Å². The van der Waals surface area contributed by atoms with Gasteiger partial charge in [-0.25, -0.2) is 8.42 Å². The predicted molar refractivity (Wildman–Crippen MR) is 83.6 cm³/mol. The van der Waals surface area contributed by atoms with Crippen LogP contribution in [-0.4, -0.2) is 52.0 Å². The van der Waals surface area contributed by atoms with Gasteiger partial charge in [0.05, 0.1) is 24.6 Å². The molecule has 1 aliphatic rings. The second kappa shape index (κ2) is 5.90. The highest BCUT2D eigenvalue weighted by Crippen LogP contribution is 2.31. The van der Waals surface area contributed by atoms with E-state index in [-0.39, 0.29) is 29.2 Å². The van der Waals surface area contributed by atoms with Crippen molar-refractivity contribution in [1.82, 2.24) is 23.9 Å². The fourth-order valence-corrected chi connectivity index (χ4v) is 4.82. The van der Waals surface area contributed by atoms with Crippen LogP contribution in [0.5, 0.6) is 0 Å². The molecule has 0 amide bonds. The topological polar surface area (TPSA) is 82.2 Å². The van der Waals surface area contributed by atoms with E-state index < -0.39 is 10.0 Å². The van der Waals surface area contributed by atoms with Crippen molar-refractivity contribution in [2.45, 2.75) is 17.9 Å². The summed E-state index contributed by atoms with van der Waals surface area (Å²) in [6.45, 7) is 2.45. The Labute approximate surface area is 139 Å². The average Bonchev–Trinajstić information content (AvgIpc) is 3.03. The number of hydrogen-bond donors (Lipinski definition) is 0. The molecule has 0 bridgehead atoms. The van der Waals surface area contributed by atoms with E-state index in [1.165, 1.54) is 8.99 Å². The second-order valence-corrected chi connectivity index (χ2v) is 7.73. The fourth-order valence-electron chi connectivity index (χ4n) is 2.68. The third-order valence-corrected chi connectivity index (χ3v) is 6.39. The van der Waals surface area contributed by atoms with E-state index in [9.17, 15) is 8.42 Å². The van der Waals surface area contributed by atoms with Crippen molar-refractivity contribution in [2.24, 2.45) is 14.1 Å². The van der Waals surface area contributed by atoms with Gasteiger partial charge >= 0.3 is 0 Å². The lowest BCUT2D eigenvalue weighted by atomic mass is 10.2. The van der Waals surface area contributed by atoms with Gasteiger partial charge in [0.1, 0.15) is 10.0 Å². The first-order valence-corrected chi connectivity index (χ1v) is 8.92. The van der Waals surface area contributed by atoms with Gasteiger partial charge in [-0.1, -0.05) is 11.6 Å². The van der Waals surface area contributed by atoms with Crippen molar-refractivity contribution in [1.29, 1.82) is 0 Å². The molecule has 1 fully saturated rings. The van der Waals surface area contributed by atoms with E-state index in [1.54, 1.807) is 31.9 Å². The molecule has 3 rings (SSSR count). The molecule has 3 heterocycles. The summed E-state index contributed by atoms with van der Waals surface area (Å²) < 4.78 is 36.0. The first-order chi connectivity index (χ1) is 10.8. The molecule has 1 saturated heterocycles. The van der Waals surface area contributed by atoms with Crippen molar-refractivity contribution in [3.8, 4) is 0 Å². The zero-order valence-electron chi connectivity index (χ0n) is 13.1. The average molecular weight is 360 g/mol. The molecule has 0 radical (unpaired) electrons. The zero-order chi connectivity index (χ0) is 16.8. The summed E-state index contributed by atoms with van der Waals surface area (Å²) >= 11 is 6.12.